The van der Waals surface area contributed by atoms with E-state index in [1.54, 1.807) is 0 Å². The van der Waals surface area contributed by atoms with Gasteiger partial charge in [-0.15, -0.1) is 0 Å². The van der Waals surface area contributed by atoms with Gasteiger partial charge in [-0.2, -0.15) is 0 Å². The number of carbonyl (C=O) groups excluding carboxylic acids is 1. The summed E-state index contributed by atoms with van der Waals surface area (Å²) in [6.45, 7) is 5.16. The molecule has 2 aromatic carbocycles. The average Bonchev–Trinajstić information content (AvgIpc) is 2.65. The van der Waals surface area contributed by atoms with Gasteiger partial charge in [-0.05, 0) is 48.2 Å². The van der Waals surface area contributed by atoms with Crippen LogP contribution in [-0.2, 0) is 17.6 Å². The summed E-state index contributed by atoms with van der Waals surface area (Å²) in [5.74, 6) is 1.37. The second-order valence-electron chi connectivity index (χ2n) is 5.88. The lowest BCUT2D eigenvalue weighted by Gasteiger charge is -2.09. The highest BCUT2D eigenvalue weighted by Gasteiger charge is 2.03. The van der Waals surface area contributed by atoms with Crippen LogP contribution in [-0.4, -0.2) is 25.7 Å². The molecule has 0 atom stereocenters. The van der Waals surface area contributed by atoms with Crippen LogP contribution in [0, 0.1) is 0 Å². The van der Waals surface area contributed by atoms with E-state index in [4.69, 9.17) is 9.47 Å². The number of benzene rings is 2. The van der Waals surface area contributed by atoms with E-state index in [1.165, 1.54) is 11.1 Å². The minimum absolute atomic E-state index is 0.0111. The Hall–Kier alpha value is -2.49. The highest BCUT2D eigenvalue weighted by molar-refractivity contribution is 5.77. The summed E-state index contributed by atoms with van der Waals surface area (Å²) in [7, 11) is 0. The molecule has 0 heterocycles. The third-order valence-electron chi connectivity index (χ3n) is 3.86. The normalized spacial score (nSPS) is 10.3. The zero-order valence-electron chi connectivity index (χ0n) is 15.1. The van der Waals surface area contributed by atoms with Gasteiger partial charge in [0, 0.05) is 0 Å². The van der Waals surface area contributed by atoms with Crippen LogP contribution in [0.3, 0.4) is 0 Å². The Balaban J connectivity index is 1.61. The first-order chi connectivity index (χ1) is 12.2. The fraction of sp³-hybridized carbons (Fsp3) is 0.381. The molecule has 0 aromatic heterocycles. The zero-order chi connectivity index (χ0) is 17.9. The zero-order valence-corrected chi connectivity index (χ0v) is 15.1. The molecule has 0 aliphatic carbocycles. The van der Waals surface area contributed by atoms with Crippen molar-refractivity contribution in [2.24, 2.45) is 0 Å². The minimum Gasteiger partial charge on any atom is -0.492 e. The van der Waals surface area contributed by atoms with Crippen molar-refractivity contribution >= 4 is 5.91 Å². The van der Waals surface area contributed by atoms with E-state index in [0.29, 0.717) is 18.9 Å². The maximum absolute atomic E-state index is 11.8. The van der Waals surface area contributed by atoms with Crippen molar-refractivity contribution < 1.29 is 14.3 Å². The van der Waals surface area contributed by atoms with Crippen molar-refractivity contribution in [2.45, 2.75) is 33.1 Å². The molecule has 134 valence electrons. The number of nitrogens with one attached hydrogen (secondary N) is 1. The SMILES string of the molecule is CCCc1ccc(OCCNC(=O)COc2ccc(CC)cc2)cc1. The molecule has 2 rings (SSSR count). The van der Waals surface area contributed by atoms with E-state index >= 15 is 0 Å². The molecule has 4 heteroatoms. The topological polar surface area (TPSA) is 47.6 Å². The molecule has 1 amide bonds. The molecule has 4 nitrogen and oxygen atoms in total. The Morgan fingerprint density at radius 3 is 2.08 bits per heavy atom. The molecule has 0 aliphatic heterocycles. The second-order valence-corrected chi connectivity index (χ2v) is 5.88. The van der Waals surface area contributed by atoms with Gasteiger partial charge in [-0.1, -0.05) is 44.5 Å². The molecule has 2 aromatic rings. The molecule has 0 spiro atoms. The van der Waals surface area contributed by atoms with Crippen molar-refractivity contribution in [3.63, 3.8) is 0 Å². The van der Waals surface area contributed by atoms with E-state index in [2.05, 4.69) is 31.3 Å². The molecule has 0 unspecified atom stereocenters. The predicted octanol–water partition coefficient (Wildman–Crippen LogP) is 3.78. The number of rotatable bonds is 10. The van der Waals surface area contributed by atoms with Crippen molar-refractivity contribution in [3.8, 4) is 11.5 Å². The van der Waals surface area contributed by atoms with Gasteiger partial charge in [0.1, 0.15) is 18.1 Å². The third kappa shape index (κ3) is 6.87. The molecular formula is C21H27NO3. The van der Waals surface area contributed by atoms with Gasteiger partial charge in [-0.3, -0.25) is 4.79 Å². The lowest BCUT2D eigenvalue weighted by atomic mass is 10.1. The molecule has 1 N–H and O–H groups in total. The van der Waals surface area contributed by atoms with Crippen LogP contribution in [0.15, 0.2) is 48.5 Å². The second kappa shape index (κ2) is 10.4. The van der Waals surface area contributed by atoms with E-state index in [1.807, 2.05) is 36.4 Å². The van der Waals surface area contributed by atoms with E-state index in [-0.39, 0.29) is 12.5 Å². The smallest absolute Gasteiger partial charge is 0.258 e. The monoisotopic (exact) mass is 341 g/mol. The quantitative estimate of drug-likeness (QED) is 0.669. The highest BCUT2D eigenvalue weighted by atomic mass is 16.5. The molecule has 0 saturated carbocycles. The lowest BCUT2D eigenvalue weighted by Crippen LogP contribution is -2.32. The van der Waals surface area contributed by atoms with Crippen LogP contribution < -0.4 is 14.8 Å². The largest absolute Gasteiger partial charge is 0.492 e. The van der Waals surface area contributed by atoms with Crippen LogP contribution in [0.25, 0.3) is 0 Å². The van der Waals surface area contributed by atoms with Gasteiger partial charge in [0.15, 0.2) is 6.61 Å². The number of hydrogen-bond acceptors (Lipinski definition) is 3. The van der Waals surface area contributed by atoms with Crippen LogP contribution in [0.5, 0.6) is 11.5 Å². The van der Waals surface area contributed by atoms with Gasteiger partial charge >= 0.3 is 0 Å². The summed E-state index contributed by atoms with van der Waals surface area (Å²) < 4.78 is 11.1. The summed E-state index contributed by atoms with van der Waals surface area (Å²) in [5, 5.41) is 2.79. The first-order valence-corrected chi connectivity index (χ1v) is 8.91. The van der Waals surface area contributed by atoms with Crippen molar-refractivity contribution in [2.75, 3.05) is 19.8 Å². The number of amides is 1. The Morgan fingerprint density at radius 2 is 1.48 bits per heavy atom. The van der Waals surface area contributed by atoms with E-state index < -0.39 is 0 Å². The molecule has 0 saturated heterocycles. The first-order valence-electron chi connectivity index (χ1n) is 8.91. The van der Waals surface area contributed by atoms with Crippen molar-refractivity contribution in [3.05, 3.63) is 59.7 Å². The standard InChI is InChI=1S/C21H27NO3/c1-3-5-18-8-12-19(13-9-18)24-15-14-22-21(23)16-25-20-10-6-17(4-2)7-11-20/h6-13H,3-5,14-16H2,1-2H3,(H,22,23). The van der Waals surface area contributed by atoms with Crippen molar-refractivity contribution in [1.82, 2.24) is 5.32 Å². The number of aryl methyl sites for hydroxylation is 2. The Bertz CT molecular complexity index is 635. The van der Waals surface area contributed by atoms with Crippen LogP contribution >= 0.6 is 0 Å². The molecule has 0 radical (unpaired) electrons. The number of ether oxygens (including phenoxy) is 2. The van der Waals surface area contributed by atoms with Crippen molar-refractivity contribution in [1.29, 1.82) is 0 Å². The van der Waals surface area contributed by atoms with Gasteiger partial charge in [-0.25, -0.2) is 0 Å². The summed E-state index contributed by atoms with van der Waals surface area (Å²) in [6.07, 6.45) is 3.21. The summed E-state index contributed by atoms with van der Waals surface area (Å²) >= 11 is 0. The fourth-order valence-electron chi connectivity index (χ4n) is 2.42. The van der Waals surface area contributed by atoms with Gasteiger partial charge in [0.25, 0.3) is 5.91 Å². The number of hydrogen-bond donors (Lipinski definition) is 1. The van der Waals surface area contributed by atoms with Gasteiger partial charge in [0.05, 0.1) is 6.54 Å². The van der Waals surface area contributed by atoms with Gasteiger partial charge < -0.3 is 14.8 Å². The lowest BCUT2D eigenvalue weighted by molar-refractivity contribution is -0.123. The maximum atomic E-state index is 11.8. The van der Waals surface area contributed by atoms with E-state index in [0.717, 1.165) is 25.0 Å². The van der Waals surface area contributed by atoms with Crippen LogP contribution in [0.4, 0.5) is 0 Å². The number of carbonyl (C=O) groups is 1. The summed E-state index contributed by atoms with van der Waals surface area (Å²) in [5.41, 5.74) is 2.56. The minimum atomic E-state index is -0.151. The van der Waals surface area contributed by atoms with E-state index in [9.17, 15) is 4.79 Å². The Kier molecular flexibility index (Phi) is 7.83. The Labute approximate surface area is 150 Å². The van der Waals surface area contributed by atoms with Crippen LogP contribution in [0.1, 0.15) is 31.4 Å². The molecule has 0 bridgehead atoms. The Morgan fingerprint density at radius 1 is 0.880 bits per heavy atom. The first kappa shape index (κ1) is 18.8. The van der Waals surface area contributed by atoms with Gasteiger partial charge in [0.2, 0.25) is 0 Å². The fourth-order valence-corrected chi connectivity index (χ4v) is 2.42. The summed E-state index contributed by atoms with van der Waals surface area (Å²) in [4.78, 5) is 11.8. The van der Waals surface area contributed by atoms with Crippen LogP contribution in [0.2, 0.25) is 0 Å². The molecular weight excluding hydrogens is 314 g/mol. The molecule has 25 heavy (non-hydrogen) atoms. The maximum Gasteiger partial charge on any atom is 0.258 e. The average molecular weight is 341 g/mol. The molecule has 0 aliphatic rings. The predicted molar refractivity (Wildman–Crippen MR) is 100 cm³/mol. The molecule has 0 fully saturated rings. The summed E-state index contributed by atoms with van der Waals surface area (Å²) in [6, 6.07) is 15.9. The highest BCUT2D eigenvalue weighted by Crippen LogP contribution is 2.13. The third-order valence-corrected chi connectivity index (χ3v) is 3.86.